The molecule has 152 valence electrons. The third-order valence-corrected chi connectivity index (χ3v) is 6.44. The van der Waals surface area contributed by atoms with Gasteiger partial charge in [0.15, 0.2) is 11.0 Å². The van der Waals surface area contributed by atoms with Gasteiger partial charge in [0, 0.05) is 23.4 Å². The van der Waals surface area contributed by atoms with Crippen molar-refractivity contribution in [3.05, 3.63) is 54.1 Å². The molecule has 4 rings (SSSR count). The number of hydrogen-bond acceptors (Lipinski definition) is 5. The summed E-state index contributed by atoms with van der Waals surface area (Å²) in [5.74, 6) is 3.30. The minimum absolute atomic E-state index is 0.434. The van der Waals surface area contributed by atoms with Gasteiger partial charge in [0.25, 0.3) is 0 Å². The Kier molecular flexibility index (Phi) is 6.39. The molecular formula is C23H27N3O2S. The van der Waals surface area contributed by atoms with Gasteiger partial charge in [-0.15, -0.1) is 10.2 Å². The molecule has 1 aromatic heterocycles. The lowest BCUT2D eigenvalue weighted by molar-refractivity contribution is 0.339. The van der Waals surface area contributed by atoms with E-state index in [0.717, 1.165) is 33.8 Å². The zero-order valence-corrected chi connectivity index (χ0v) is 17.8. The summed E-state index contributed by atoms with van der Waals surface area (Å²) in [5.41, 5.74) is 2.27. The molecule has 1 fully saturated rings. The predicted molar refractivity (Wildman–Crippen MR) is 117 cm³/mol. The molecule has 0 N–H and O–H groups in total. The largest absolute Gasteiger partial charge is 0.497 e. The maximum absolute atomic E-state index is 5.47. The van der Waals surface area contributed by atoms with E-state index in [9.17, 15) is 0 Å². The van der Waals surface area contributed by atoms with Gasteiger partial charge in [0.2, 0.25) is 0 Å². The van der Waals surface area contributed by atoms with Gasteiger partial charge in [-0.1, -0.05) is 61.4 Å². The standard InChI is InChI=1S/C23H27N3O2S/c1-27-20-13-18(14-21(15-20)28-2)22-24-25-23(26(22)19-11-7-4-8-12-19)29-16-17-9-5-3-6-10-17/h3,5-6,9-10,13-15,19H,4,7-8,11-12,16H2,1-2H3. The predicted octanol–water partition coefficient (Wildman–Crippen LogP) is 5.76. The number of rotatable bonds is 7. The molecule has 3 aromatic rings. The molecule has 1 heterocycles. The van der Waals surface area contributed by atoms with Crippen LogP contribution in [0.15, 0.2) is 53.7 Å². The van der Waals surface area contributed by atoms with Crippen LogP contribution in [0, 0.1) is 0 Å². The Hall–Kier alpha value is -2.47. The molecule has 2 aromatic carbocycles. The van der Waals surface area contributed by atoms with Crippen LogP contribution >= 0.6 is 11.8 Å². The highest BCUT2D eigenvalue weighted by Crippen LogP contribution is 2.38. The monoisotopic (exact) mass is 409 g/mol. The summed E-state index contributed by atoms with van der Waals surface area (Å²) < 4.78 is 13.3. The molecule has 0 unspecified atom stereocenters. The molecule has 29 heavy (non-hydrogen) atoms. The fourth-order valence-electron chi connectivity index (χ4n) is 3.90. The van der Waals surface area contributed by atoms with E-state index in [4.69, 9.17) is 9.47 Å². The first-order valence-corrected chi connectivity index (χ1v) is 11.1. The van der Waals surface area contributed by atoms with Crippen molar-refractivity contribution in [2.24, 2.45) is 0 Å². The third kappa shape index (κ3) is 4.58. The van der Waals surface area contributed by atoms with E-state index in [1.54, 1.807) is 26.0 Å². The lowest BCUT2D eigenvalue weighted by atomic mass is 9.95. The lowest BCUT2D eigenvalue weighted by Crippen LogP contribution is -2.15. The quantitative estimate of drug-likeness (QED) is 0.464. The first-order chi connectivity index (χ1) is 14.3. The first kappa shape index (κ1) is 19.8. The maximum Gasteiger partial charge on any atom is 0.192 e. The van der Waals surface area contributed by atoms with E-state index >= 15 is 0 Å². The summed E-state index contributed by atoms with van der Waals surface area (Å²) >= 11 is 1.76. The van der Waals surface area contributed by atoms with Crippen LogP contribution in [0.25, 0.3) is 11.4 Å². The van der Waals surface area contributed by atoms with Crippen LogP contribution in [-0.2, 0) is 5.75 Å². The summed E-state index contributed by atoms with van der Waals surface area (Å²) in [5, 5.41) is 10.2. The van der Waals surface area contributed by atoms with Crippen LogP contribution in [-0.4, -0.2) is 29.0 Å². The van der Waals surface area contributed by atoms with Crippen molar-refractivity contribution in [3.8, 4) is 22.9 Å². The Morgan fingerprint density at radius 1 is 0.931 bits per heavy atom. The molecular weight excluding hydrogens is 382 g/mol. The average molecular weight is 410 g/mol. The molecule has 1 saturated carbocycles. The van der Waals surface area contributed by atoms with Gasteiger partial charge >= 0.3 is 0 Å². The molecule has 1 aliphatic carbocycles. The van der Waals surface area contributed by atoms with Gasteiger partial charge < -0.3 is 9.47 Å². The normalized spacial score (nSPS) is 14.7. The fourth-order valence-corrected chi connectivity index (χ4v) is 4.86. The van der Waals surface area contributed by atoms with E-state index in [0.29, 0.717) is 6.04 Å². The Balaban J connectivity index is 1.71. The molecule has 0 saturated heterocycles. The van der Waals surface area contributed by atoms with Crippen LogP contribution in [0.1, 0.15) is 43.7 Å². The Morgan fingerprint density at radius 3 is 2.28 bits per heavy atom. The van der Waals surface area contributed by atoms with Gasteiger partial charge in [0.1, 0.15) is 11.5 Å². The number of methoxy groups -OCH3 is 2. The summed E-state index contributed by atoms with van der Waals surface area (Å²) in [7, 11) is 3.34. The lowest BCUT2D eigenvalue weighted by Gasteiger charge is -2.25. The molecule has 0 spiro atoms. The number of nitrogens with zero attached hydrogens (tertiary/aromatic N) is 3. The minimum Gasteiger partial charge on any atom is -0.497 e. The van der Waals surface area contributed by atoms with E-state index in [1.807, 2.05) is 24.3 Å². The van der Waals surface area contributed by atoms with Crippen LogP contribution < -0.4 is 9.47 Å². The van der Waals surface area contributed by atoms with Crippen LogP contribution in [0.3, 0.4) is 0 Å². The zero-order valence-electron chi connectivity index (χ0n) is 17.0. The summed E-state index contributed by atoms with van der Waals surface area (Å²) in [4.78, 5) is 0. The molecule has 0 atom stereocenters. The van der Waals surface area contributed by atoms with Gasteiger partial charge in [-0.3, -0.25) is 4.57 Å². The SMILES string of the molecule is COc1cc(OC)cc(-c2nnc(SCc3ccccc3)n2C2CCCCC2)c1. The topological polar surface area (TPSA) is 49.2 Å². The second-order valence-electron chi connectivity index (χ2n) is 7.34. The second-order valence-corrected chi connectivity index (χ2v) is 8.29. The molecule has 1 aliphatic rings. The molecule has 0 bridgehead atoms. The molecule has 5 nitrogen and oxygen atoms in total. The molecule has 6 heteroatoms. The van der Waals surface area contributed by atoms with E-state index < -0.39 is 0 Å². The summed E-state index contributed by atoms with van der Waals surface area (Å²) in [6, 6.07) is 16.9. The van der Waals surface area contributed by atoms with Gasteiger partial charge in [-0.25, -0.2) is 0 Å². The van der Waals surface area contributed by atoms with E-state index in [-0.39, 0.29) is 0 Å². The summed E-state index contributed by atoms with van der Waals surface area (Å²) in [6.45, 7) is 0. The highest BCUT2D eigenvalue weighted by Gasteiger charge is 2.24. The van der Waals surface area contributed by atoms with Crippen molar-refractivity contribution in [3.63, 3.8) is 0 Å². The van der Waals surface area contributed by atoms with Crippen molar-refractivity contribution in [1.82, 2.24) is 14.8 Å². The van der Waals surface area contributed by atoms with Crippen LogP contribution in [0.4, 0.5) is 0 Å². The Morgan fingerprint density at radius 2 is 1.62 bits per heavy atom. The molecule has 0 amide bonds. The minimum atomic E-state index is 0.434. The van der Waals surface area contributed by atoms with Crippen LogP contribution in [0.2, 0.25) is 0 Å². The van der Waals surface area contributed by atoms with Gasteiger partial charge in [0.05, 0.1) is 14.2 Å². The first-order valence-electron chi connectivity index (χ1n) is 10.1. The Bertz CT molecular complexity index is 914. The van der Waals surface area contributed by atoms with Crippen molar-refractivity contribution in [2.75, 3.05) is 14.2 Å². The number of hydrogen-bond donors (Lipinski definition) is 0. The summed E-state index contributed by atoms with van der Waals surface area (Å²) in [6.07, 6.45) is 6.17. The van der Waals surface area contributed by atoms with Crippen molar-refractivity contribution in [1.29, 1.82) is 0 Å². The zero-order chi connectivity index (χ0) is 20.1. The van der Waals surface area contributed by atoms with Gasteiger partial charge in [-0.2, -0.15) is 0 Å². The second kappa shape index (κ2) is 9.35. The average Bonchev–Trinajstić information content (AvgIpc) is 3.22. The molecule has 0 aliphatic heterocycles. The number of aromatic nitrogens is 3. The number of thioether (sulfide) groups is 1. The van der Waals surface area contributed by atoms with E-state index in [2.05, 4.69) is 39.0 Å². The number of benzene rings is 2. The highest BCUT2D eigenvalue weighted by molar-refractivity contribution is 7.98. The highest BCUT2D eigenvalue weighted by atomic mass is 32.2. The fraction of sp³-hybridized carbons (Fsp3) is 0.391. The number of ether oxygens (including phenoxy) is 2. The van der Waals surface area contributed by atoms with Crippen molar-refractivity contribution in [2.45, 2.75) is 49.1 Å². The van der Waals surface area contributed by atoms with E-state index in [1.165, 1.54) is 37.7 Å². The van der Waals surface area contributed by atoms with Crippen molar-refractivity contribution >= 4 is 11.8 Å². The molecule has 0 radical (unpaired) electrons. The van der Waals surface area contributed by atoms with Crippen LogP contribution in [0.5, 0.6) is 11.5 Å². The van der Waals surface area contributed by atoms with Crippen molar-refractivity contribution < 1.29 is 9.47 Å². The smallest absolute Gasteiger partial charge is 0.192 e. The third-order valence-electron chi connectivity index (χ3n) is 5.42. The van der Waals surface area contributed by atoms with Gasteiger partial charge in [-0.05, 0) is 30.5 Å². The Labute approximate surface area is 176 Å². The maximum atomic E-state index is 5.47.